The second-order valence-corrected chi connectivity index (χ2v) is 10.1. The van der Waals surface area contributed by atoms with E-state index in [1.54, 1.807) is 20.8 Å². The minimum atomic E-state index is -3.03. The molecule has 1 aliphatic rings. The minimum absolute atomic E-state index is 0.177. The Morgan fingerprint density at radius 1 is 1.24 bits per heavy atom. The molecule has 0 aromatic rings. The lowest BCUT2D eigenvalue weighted by Gasteiger charge is -2.24. The maximum Gasteiger partial charge on any atom is 0.156 e. The molecule has 1 rings (SSSR count). The van der Waals surface area contributed by atoms with Crippen molar-refractivity contribution in [1.29, 1.82) is 0 Å². The average molecular weight is 281 g/mol. The van der Waals surface area contributed by atoms with Crippen molar-refractivity contribution in [2.75, 3.05) is 23.8 Å². The van der Waals surface area contributed by atoms with E-state index in [0.717, 1.165) is 24.3 Å². The maximum atomic E-state index is 11.9. The second-order valence-electron chi connectivity index (χ2n) is 5.51. The van der Waals surface area contributed by atoms with Crippen molar-refractivity contribution in [2.45, 2.75) is 44.4 Å². The molecule has 1 N–H and O–H groups in total. The topological polar surface area (TPSA) is 63.2 Å². The Hall–Kier alpha value is 0.0600. The number of nitrogens with one attached hydrogen (secondary N) is 1. The summed E-state index contributed by atoms with van der Waals surface area (Å²) in [6, 6.07) is 0.336. The molecule has 1 aliphatic heterocycles. The van der Waals surface area contributed by atoms with Gasteiger partial charge in [-0.25, -0.2) is 8.42 Å². The third-order valence-corrected chi connectivity index (χ3v) is 7.11. The minimum Gasteiger partial charge on any atom is -0.313 e. The van der Waals surface area contributed by atoms with Gasteiger partial charge in [0.25, 0.3) is 0 Å². The number of sulfone groups is 1. The summed E-state index contributed by atoms with van der Waals surface area (Å²) in [7, 11) is -3.69. The van der Waals surface area contributed by atoms with Crippen molar-refractivity contribution in [3.05, 3.63) is 0 Å². The number of hydrogen-bond donors (Lipinski definition) is 1. The molecule has 6 heteroatoms. The zero-order valence-electron chi connectivity index (χ0n) is 10.9. The molecule has 0 aromatic carbocycles. The van der Waals surface area contributed by atoms with E-state index in [2.05, 4.69) is 5.32 Å². The van der Waals surface area contributed by atoms with Gasteiger partial charge in [-0.3, -0.25) is 4.21 Å². The Morgan fingerprint density at radius 2 is 1.76 bits per heavy atom. The van der Waals surface area contributed by atoms with Crippen molar-refractivity contribution in [2.24, 2.45) is 0 Å². The van der Waals surface area contributed by atoms with Gasteiger partial charge >= 0.3 is 0 Å². The highest BCUT2D eigenvalue weighted by atomic mass is 32.2. The van der Waals surface area contributed by atoms with Crippen LogP contribution in [0.4, 0.5) is 0 Å². The molecule has 0 amide bonds. The molecular formula is C11H23NO3S2. The summed E-state index contributed by atoms with van der Waals surface area (Å²) in [5.41, 5.74) is 0. The molecule has 0 radical (unpaired) electrons. The van der Waals surface area contributed by atoms with E-state index in [-0.39, 0.29) is 5.75 Å². The molecule has 0 saturated carbocycles. The van der Waals surface area contributed by atoms with Gasteiger partial charge in [-0.05, 0) is 33.6 Å². The van der Waals surface area contributed by atoms with Crippen LogP contribution < -0.4 is 5.32 Å². The van der Waals surface area contributed by atoms with Gasteiger partial charge in [-0.1, -0.05) is 0 Å². The molecule has 0 aromatic heterocycles. The van der Waals surface area contributed by atoms with Gasteiger partial charge < -0.3 is 5.32 Å². The number of rotatable bonds is 4. The van der Waals surface area contributed by atoms with Crippen LogP contribution in [0.15, 0.2) is 0 Å². The first-order chi connectivity index (χ1) is 7.72. The van der Waals surface area contributed by atoms with E-state index in [1.807, 2.05) is 0 Å². The highest BCUT2D eigenvalue weighted by molar-refractivity contribution is 7.92. The van der Waals surface area contributed by atoms with Gasteiger partial charge in [0.15, 0.2) is 9.84 Å². The molecule has 0 bridgehead atoms. The molecule has 0 spiro atoms. The highest BCUT2D eigenvalue weighted by Crippen LogP contribution is 2.15. The fourth-order valence-electron chi connectivity index (χ4n) is 1.70. The Morgan fingerprint density at radius 3 is 2.24 bits per heavy atom. The lowest BCUT2D eigenvalue weighted by Crippen LogP contribution is -2.40. The third-order valence-electron chi connectivity index (χ3n) is 3.12. The SMILES string of the molecule is CC(C)(C)S(=O)(=O)CCNC1CCS(=O)CC1. The first kappa shape index (κ1) is 15.1. The highest BCUT2D eigenvalue weighted by Gasteiger charge is 2.28. The van der Waals surface area contributed by atoms with Gasteiger partial charge in [0.2, 0.25) is 0 Å². The third kappa shape index (κ3) is 4.67. The van der Waals surface area contributed by atoms with Crippen molar-refractivity contribution in [1.82, 2.24) is 5.32 Å². The van der Waals surface area contributed by atoms with Crippen LogP contribution in [0.25, 0.3) is 0 Å². The number of hydrogen-bond acceptors (Lipinski definition) is 4. The summed E-state index contributed by atoms with van der Waals surface area (Å²) in [6.07, 6.45) is 1.78. The molecule has 1 heterocycles. The van der Waals surface area contributed by atoms with Crippen molar-refractivity contribution < 1.29 is 12.6 Å². The largest absolute Gasteiger partial charge is 0.313 e. The molecule has 0 aliphatic carbocycles. The van der Waals surface area contributed by atoms with Crippen LogP contribution in [0.2, 0.25) is 0 Å². The average Bonchev–Trinajstić information content (AvgIpc) is 2.19. The normalized spacial score (nSPS) is 27.0. The van der Waals surface area contributed by atoms with Crippen LogP contribution in [0.5, 0.6) is 0 Å². The maximum absolute atomic E-state index is 11.9. The first-order valence-electron chi connectivity index (χ1n) is 6.03. The Labute approximate surface area is 107 Å². The summed E-state index contributed by atoms with van der Waals surface area (Å²) in [4.78, 5) is 0. The van der Waals surface area contributed by atoms with Crippen molar-refractivity contribution in [3.8, 4) is 0 Å². The Kier molecular flexibility index (Phi) is 5.16. The van der Waals surface area contributed by atoms with Gasteiger partial charge in [0, 0.05) is 34.9 Å². The standard InChI is InChI=1S/C11H23NO3S2/c1-11(2,3)17(14,15)9-6-12-10-4-7-16(13)8-5-10/h10,12H,4-9H2,1-3H3. The van der Waals surface area contributed by atoms with E-state index in [9.17, 15) is 12.6 Å². The summed E-state index contributed by atoms with van der Waals surface area (Å²) in [5, 5.41) is 3.26. The van der Waals surface area contributed by atoms with Crippen molar-refractivity contribution in [3.63, 3.8) is 0 Å². The lowest BCUT2D eigenvalue weighted by atomic mass is 10.1. The van der Waals surface area contributed by atoms with Gasteiger partial charge in [-0.2, -0.15) is 0 Å². The molecule has 0 atom stereocenters. The smallest absolute Gasteiger partial charge is 0.156 e. The molecule has 102 valence electrons. The Bertz CT molecular complexity index is 361. The van der Waals surface area contributed by atoms with E-state index >= 15 is 0 Å². The zero-order chi connectivity index (χ0) is 13.1. The second kappa shape index (κ2) is 5.80. The summed E-state index contributed by atoms with van der Waals surface area (Å²) in [5.74, 6) is 1.66. The quantitative estimate of drug-likeness (QED) is 0.824. The van der Waals surface area contributed by atoms with Crippen LogP contribution in [0.3, 0.4) is 0 Å². The summed E-state index contributed by atoms with van der Waals surface area (Å²) in [6.45, 7) is 5.68. The molecule has 4 nitrogen and oxygen atoms in total. The predicted molar refractivity (Wildman–Crippen MR) is 72.4 cm³/mol. The van der Waals surface area contributed by atoms with E-state index in [1.165, 1.54) is 0 Å². The molecule has 1 fully saturated rings. The fraction of sp³-hybridized carbons (Fsp3) is 1.00. The van der Waals surface area contributed by atoms with Crippen LogP contribution in [-0.2, 0) is 20.6 Å². The van der Waals surface area contributed by atoms with Crippen LogP contribution in [0, 0.1) is 0 Å². The molecule has 1 saturated heterocycles. The van der Waals surface area contributed by atoms with E-state index < -0.39 is 25.4 Å². The van der Waals surface area contributed by atoms with E-state index in [4.69, 9.17) is 0 Å². The summed E-state index contributed by atoms with van der Waals surface area (Å²) < 4.78 is 34.2. The van der Waals surface area contributed by atoms with Crippen LogP contribution in [0.1, 0.15) is 33.6 Å². The zero-order valence-corrected chi connectivity index (χ0v) is 12.5. The van der Waals surface area contributed by atoms with E-state index in [0.29, 0.717) is 12.6 Å². The predicted octanol–water partition coefficient (Wildman–Crippen LogP) is 0.700. The fourth-order valence-corrected chi connectivity index (χ4v) is 4.00. The van der Waals surface area contributed by atoms with Gasteiger partial charge in [-0.15, -0.1) is 0 Å². The molecule has 17 heavy (non-hydrogen) atoms. The van der Waals surface area contributed by atoms with Gasteiger partial charge in [0.05, 0.1) is 10.5 Å². The molecular weight excluding hydrogens is 258 g/mol. The van der Waals surface area contributed by atoms with Crippen LogP contribution >= 0.6 is 0 Å². The summed E-state index contributed by atoms with van der Waals surface area (Å²) >= 11 is 0. The first-order valence-corrected chi connectivity index (χ1v) is 9.17. The van der Waals surface area contributed by atoms with Gasteiger partial charge in [0.1, 0.15) is 0 Å². The Balaban J connectivity index is 2.31. The lowest BCUT2D eigenvalue weighted by molar-refractivity contribution is 0.485. The monoisotopic (exact) mass is 281 g/mol. The van der Waals surface area contributed by atoms with Crippen molar-refractivity contribution >= 4 is 20.6 Å². The van der Waals surface area contributed by atoms with Crippen LogP contribution in [-0.4, -0.2) is 47.2 Å². The molecule has 0 unspecified atom stereocenters.